The Morgan fingerprint density at radius 1 is 1.44 bits per heavy atom. The van der Waals surface area contributed by atoms with Crippen LogP contribution in [0.1, 0.15) is 25.3 Å². The fourth-order valence-corrected chi connectivity index (χ4v) is 1.65. The van der Waals surface area contributed by atoms with Crippen LogP contribution in [-0.2, 0) is 10.3 Å². The van der Waals surface area contributed by atoms with Crippen molar-refractivity contribution in [3.8, 4) is 5.75 Å². The van der Waals surface area contributed by atoms with E-state index < -0.39 is 5.60 Å². The first-order valence-corrected chi connectivity index (χ1v) is 5.60. The maximum atomic E-state index is 10.2. The molecule has 1 atom stereocenters. The summed E-state index contributed by atoms with van der Waals surface area (Å²) in [6, 6.07) is 7.60. The lowest BCUT2D eigenvalue weighted by Gasteiger charge is -2.23. The Bertz CT molecular complexity index is 356. The molecule has 3 nitrogen and oxygen atoms in total. The molecule has 0 aromatic heterocycles. The van der Waals surface area contributed by atoms with Crippen LogP contribution in [0.5, 0.6) is 5.75 Å². The monoisotopic (exact) mass is 222 g/mol. The fourth-order valence-electron chi connectivity index (χ4n) is 1.65. The van der Waals surface area contributed by atoms with Crippen LogP contribution in [-0.4, -0.2) is 24.9 Å². The Labute approximate surface area is 96.0 Å². The van der Waals surface area contributed by atoms with Crippen LogP contribution in [0, 0.1) is 0 Å². The van der Waals surface area contributed by atoms with Gasteiger partial charge in [0.25, 0.3) is 0 Å². The van der Waals surface area contributed by atoms with Crippen LogP contribution in [0.25, 0.3) is 0 Å². The minimum absolute atomic E-state index is 0.278. The summed E-state index contributed by atoms with van der Waals surface area (Å²) in [5.41, 5.74) is -0.134. The topological polar surface area (TPSA) is 38.7 Å². The van der Waals surface area contributed by atoms with Crippen molar-refractivity contribution in [2.75, 3.05) is 13.7 Å². The van der Waals surface area contributed by atoms with E-state index >= 15 is 0 Å². The van der Waals surface area contributed by atoms with Crippen molar-refractivity contribution >= 4 is 0 Å². The number of ether oxygens (including phenoxy) is 2. The van der Waals surface area contributed by atoms with Crippen molar-refractivity contribution in [1.29, 1.82) is 0 Å². The van der Waals surface area contributed by atoms with Crippen LogP contribution < -0.4 is 4.74 Å². The van der Waals surface area contributed by atoms with Gasteiger partial charge in [0.15, 0.2) is 0 Å². The summed E-state index contributed by atoms with van der Waals surface area (Å²) in [6.45, 7) is 2.02. The van der Waals surface area contributed by atoms with Crippen LogP contribution in [0.4, 0.5) is 0 Å². The number of aliphatic hydroxyl groups is 1. The minimum atomic E-state index is -0.961. The predicted octanol–water partition coefficient (Wildman–Crippen LogP) is 2.08. The molecule has 1 aliphatic carbocycles. The Morgan fingerprint density at radius 2 is 2.19 bits per heavy atom. The van der Waals surface area contributed by atoms with Gasteiger partial charge >= 0.3 is 0 Å². The third-order valence-electron chi connectivity index (χ3n) is 2.71. The lowest BCUT2D eigenvalue weighted by Crippen LogP contribution is -2.27. The summed E-state index contributed by atoms with van der Waals surface area (Å²) in [4.78, 5) is 0. The van der Waals surface area contributed by atoms with Gasteiger partial charge in [-0.15, -0.1) is 0 Å². The molecule has 88 valence electrons. The molecule has 1 aromatic carbocycles. The van der Waals surface area contributed by atoms with E-state index in [0.29, 0.717) is 6.10 Å². The molecule has 1 aromatic rings. The number of rotatable bonds is 5. The second kappa shape index (κ2) is 4.44. The number of hydrogen-bond acceptors (Lipinski definition) is 3. The van der Waals surface area contributed by atoms with E-state index in [2.05, 4.69) is 0 Å². The Kier molecular flexibility index (Phi) is 3.17. The first-order valence-electron chi connectivity index (χ1n) is 5.60. The molecule has 0 aliphatic heterocycles. The molecular formula is C13H18O3. The lowest BCUT2D eigenvalue weighted by molar-refractivity contribution is -0.0209. The number of benzene rings is 1. The zero-order valence-electron chi connectivity index (χ0n) is 9.77. The molecule has 1 saturated carbocycles. The van der Waals surface area contributed by atoms with E-state index in [1.165, 1.54) is 0 Å². The quantitative estimate of drug-likeness (QED) is 0.829. The Hall–Kier alpha value is -1.06. The molecule has 16 heavy (non-hydrogen) atoms. The van der Waals surface area contributed by atoms with Crippen molar-refractivity contribution in [2.24, 2.45) is 0 Å². The lowest BCUT2D eigenvalue weighted by atomic mass is 9.97. The van der Waals surface area contributed by atoms with Crippen molar-refractivity contribution in [2.45, 2.75) is 31.5 Å². The van der Waals surface area contributed by atoms with Crippen molar-refractivity contribution in [3.63, 3.8) is 0 Å². The third kappa shape index (κ3) is 2.74. The van der Waals surface area contributed by atoms with E-state index in [4.69, 9.17) is 9.47 Å². The molecule has 0 heterocycles. The predicted molar refractivity (Wildman–Crippen MR) is 61.5 cm³/mol. The van der Waals surface area contributed by atoms with Crippen LogP contribution in [0.15, 0.2) is 24.3 Å². The standard InChI is InChI=1S/C13H18O3/c1-13(14,9-15-2)10-4-3-5-12(8-10)16-11-6-7-11/h3-5,8,11,14H,6-7,9H2,1-2H3. The van der Waals surface area contributed by atoms with Gasteiger partial charge in [0, 0.05) is 7.11 Å². The zero-order valence-corrected chi connectivity index (χ0v) is 9.77. The van der Waals surface area contributed by atoms with Crippen LogP contribution in [0.2, 0.25) is 0 Å². The summed E-state index contributed by atoms with van der Waals surface area (Å²) < 4.78 is 10.7. The third-order valence-corrected chi connectivity index (χ3v) is 2.71. The smallest absolute Gasteiger partial charge is 0.120 e. The molecule has 1 N–H and O–H groups in total. The van der Waals surface area contributed by atoms with Crippen LogP contribution in [0.3, 0.4) is 0 Å². The summed E-state index contributed by atoms with van der Waals surface area (Å²) >= 11 is 0. The van der Waals surface area contributed by atoms with Crippen molar-refractivity contribution < 1.29 is 14.6 Å². The normalized spacial score (nSPS) is 19.2. The van der Waals surface area contributed by atoms with Crippen molar-refractivity contribution in [3.05, 3.63) is 29.8 Å². The first kappa shape index (κ1) is 11.4. The number of methoxy groups -OCH3 is 1. The molecule has 2 rings (SSSR count). The highest BCUT2D eigenvalue weighted by molar-refractivity contribution is 5.32. The largest absolute Gasteiger partial charge is 0.490 e. The molecule has 1 fully saturated rings. The first-order chi connectivity index (χ1) is 7.62. The second-order valence-electron chi connectivity index (χ2n) is 4.55. The van der Waals surface area contributed by atoms with E-state index in [9.17, 15) is 5.11 Å². The molecule has 0 spiro atoms. The average Bonchev–Trinajstić information content (AvgIpc) is 3.02. The van der Waals surface area contributed by atoms with Gasteiger partial charge < -0.3 is 14.6 Å². The Balaban J connectivity index is 2.13. The van der Waals surface area contributed by atoms with Gasteiger partial charge in [-0.2, -0.15) is 0 Å². The van der Waals surface area contributed by atoms with Gasteiger partial charge in [-0.05, 0) is 37.5 Å². The average molecular weight is 222 g/mol. The van der Waals surface area contributed by atoms with E-state index in [1.807, 2.05) is 24.3 Å². The summed E-state index contributed by atoms with van der Waals surface area (Å²) in [5, 5.41) is 10.2. The minimum Gasteiger partial charge on any atom is -0.490 e. The molecular weight excluding hydrogens is 204 g/mol. The van der Waals surface area contributed by atoms with E-state index in [0.717, 1.165) is 24.2 Å². The summed E-state index contributed by atoms with van der Waals surface area (Å²) in [6.07, 6.45) is 2.65. The highest BCUT2D eigenvalue weighted by Crippen LogP contribution is 2.29. The highest BCUT2D eigenvalue weighted by atomic mass is 16.5. The molecule has 0 amide bonds. The SMILES string of the molecule is COCC(C)(O)c1cccc(OC2CC2)c1. The molecule has 0 bridgehead atoms. The molecule has 0 saturated heterocycles. The van der Waals surface area contributed by atoms with Gasteiger partial charge in [0.2, 0.25) is 0 Å². The maximum absolute atomic E-state index is 10.2. The van der Waals surface area contributed by atoms with Gasteiger partial charge in [0.1, 0.15) is 11.4 Å². The fraction of sp³-hybridized carbons (Fsp3) is 0.538. The second-order valence-corrected chi connectivity index (χ2v) is 4.55. The number of hydrogen-bond donors (Lipinski definition) is 1. The van der Waals surface area contributed by atoms with E-state index in [-0.39, 0.29) is 6.61 Å². The van der Waals surface area contributed by atoms with Crippen LogP contribution >= 0.6 is 0 Å². The maximum Gasteiger partial charge on any atom is 0.120 e. The molecule has 3 heteroatoms. The van der Waals surface area contributed by atoms with Crippen molar-refractivity contribution in [1.82, 2.24) is 0 Å². The van der Waals surface area contributed by atoms with Gasteiger partial charge in [0.05, 0.1) is 12.7 Å². The Morgan fingerprint density at radius 3 is 2.81 bits per heavy atom. The zero-order chi connectivity index (χ0) is 11.6. The van der Waals surface area contributed by atoms with Gasteiger partial charge in [-0.25, -0.2) is 0 Å². The molecule has 1 aliphatic rings. The molecule has 1 unspecified atom stereocenters. The van der Waals surface area contributed by atoms with E-state index in [1.54, 1.807) is 14.0 Å². The molecule has 0 radical (unpaired) electrons. The highest BCUT2D eigenvalue weighted by Gasteiger charge is 2.26. The van der Waals surface area contributed by atoms with Gasteiger partial charge in [-0.1, -0.05) is 12.1 Å². The summed E-state index contributed by atoms with van der Waals surface area (Å²) in [5.74, 6) is 0.830. The summed E-state index contributed by atoms with van der Waals surface area (Å²) in [7, 11) is 1.58. The van der Waals surface area contributed by atoms with Gasteiger partial charge in [-0.3, -0.25) is 0 Å².